The molecule has 0 aliphatic carbocycles. The first-order chi connectivity index (χ1) is 10.6. The van der Waals surface area contributed by atoms with Crippen molar-refractivity contribution in [3.8, 4) is 0 Å². The van der Waals surface area contributed by atoms with Gasteiger partial charge in [0, 0.05) is 19.2 Å². The first-order valence-corrected chi connectivity index (χ1v) is 8.17. The van der Waals surface area contributed by atoms with E-state index >= 15 is 0 Å². The molecule has 0 bridgehead atoms. The number of aryl methyl sites for hydroxylation is 1. The van der Waals surface area contributed by atoms with E-state index in [2.05, 4.69) is 16.3 Å². The number of nitrogens with zero attached hydrogens (tertiary/aromatic N) is 2. The first kappa shape index (κ1) is 15.0. The molecule has 2 aromatic rings. The number of thiophene rings is 1. The van der Waals surface area contributed by atoms with Crippen LogP contribution in [0.4, 0.5) is 11.4 Å². The van der Waals surface area contributed by atoms with E-state index in [-0.39, 0.29) is 22.8 Å². The van der Waals surface area contributed by atoms with Gasteiger partial charge < -0.3 is 9.64 Å². The fourth-order valence-electron chi connectivity index (χ4n) is 2.98. The summed E-state index contributed by atoms with van der Waals surface area (Å²) in [5.41, 5.74) is 2.94. The molecule has 1 aromatic carbocycles. The monoisotopic (exact) mass is 318 g/mol. The molecule has 1 aromatic heterocycles. The summed E-state index contributed by atoms with van der Waals surface area (Å²) in [6.45, 7) is 5.22. The molecule has 6 heteroatoms. The summed E-state index contributed by atoms with van der Waals surface area (Å²) >= 11 is 1.64. The molecule has 2 heterocycles. The third-order valence-electron chi connectivity index (χ3n) is 3.90. The van der Waals surface area contributed by atoms with Crippen LogP contribution >= 0.6 is 11.3 Å². The Morgan fingerprint density at radius 3 is 2.86 bits per heavy atom. The molecule has 3 rings (SSSR count). The maximum absolute atomic E-state index is 11.4. The number of anilines is 1. The van der Waals surface area contributed by atoms with Gasteiger partial charge in [-0.1, -0.05) is 12.1 Å². The molecule has 1 aliphatic heterocycles. The summed E-state index contributed by atoms with van der Waals surface area (Å²) in [6, 6.07) is 7.28. The van der Waals surface area contributed by atoms with Gasteiger partial charge in [0.25, 0.3) is 5.69 Å². The minimum absolute atomic E-state index is 0.0258. The Morgan fingerprint density at radius 1 is 1.36 bits per heavy atom. The Kier molecular flexibility index (Phi) is 4.13. The number of nitro groups is 1. The maximum Gasteiger partial charge on any atom is 0.292 e. The molecule has 2 atom stereocenters. The largest absolute Gasteiger partial charge is 0.367 e. The predicted octanol–water partition coefficient (Wildman–Crippen LogP) is 3.93. The Morgan fingerprint density at radius 2 is 2.18 bits per heavy atom. The van der Waals surface area contributed by atoms with E-state index in [9.17, 15) is 10.1 Å². The highest BCUT2D eigenvalue weighted by atomic mass is 32.1. The van der Waals surface area contributed by atoms with E-state index in [0.717, 1.165) is 11.1 Å². The minimum atomic E-state index is -0.304. The minimum Gasteiger partial charge on any atom is -0.367 e. The van der Waals surface area contributed by atoms with Crippen LogP contribution in [0.3, 0.4) is 0 Å². The van der Waals surface area contributed by atoms with Gasteiger partial charge in [0.1, 0.15) is 11.8 Å². The van der Waals surface area contributed by atoms with Gasteiger partial charge in [0.2, 0.25) is 0 Å². The van der Waals surface area contributed by atoms with Crippen LogP contribution in [0.5, 0.6) is 0 Å². The van der Waals surface area contributed by atoms with Crippen LogP contribution in [-0.4, -0.2) is 24.1 Å². The number of hydrogen-bond donors (Lipinski definition) is 0. The van der Waals surface area contributed by atoms with Gasteiger partial charge in [0.15, 0.2) is 0 Å². The topological polar surface area (TPSA) is 55.6 Å². The first-order valence-electron chi connectivity index (χ1n) is 7.22. The summed E-state index contributed by atoms with van der Waals surface area (Å²) < 4.78 is 6.02. The summed E-state index contributed by atoms with van der Waals surface area (Å²) in [4.78, 5) is 13.1. The van der Waals surface area contributed by atoms with Gasteiger partial charge in [-0.05, 0) is 41.8 Å². The lowest BCUT2D eigenvalue weighted by molar-refractivity contribution is -0.384. The van der Waals surface area contributed by atoms with E-state index in [4.69, 9.17) is 4.74 Å². The Bertz CT molecular complexity index is 672. The molecule has 116 valence electrons. The van der Waals surface area contributed by atoms with Crippen molar-refractivity contribution >= 4 is 22.7 Å². The highest BCUT2D eigenvalue weighted by Crippen LogP contribution is 2.36. The molecule has 0 spiro atoms. The van der Waals surface area contributed by atoms with Gasteiger partial charge >= 0.3 is 0 Å². The Labute approximate surface area is 133 Å². The van der Waals surface area contributed by atoms with Crippen LogP contribution in [0.15, 0.2) is 35.0 Å². The van der Waals surface area contributed by atoms with Gasteiger partial charge in [-0.15, -0.1) is 0 Å². The average molecular weight is 318 g/mol. The summed E-state index contributed by atoms with van der Waals surface area (Å²) in [5.74, 6) is 0. The number of para-hydroxylation sites is 1. The fourth-order valence-corrected chi connectivity index (χ4v) is 3.68. The van der Waals surface area contributed by atoms with E-state index in [1.165, 1.54) is 0 Å². The molecule has 0 amide bonds. The van der Waals surface area contributed by atoms with Gasteiger partial charge in [-0.2, -0.15) is 11.3 Å². The van der Waals surface area contributed by atoms with Crippen LogP contribution in [-0.2, 0) is 4.74 Å². The van der Waals surface area contributed by atoms with E-state index < -0.39 is 0 Å². The van der Waals surface area contributed by atoms with Crippen LogP contribution in [0.25, 0.3) is 0 Å². The van der Waals surface area contributed by atoms with Crippen LogP contribution < -0.4 is 4.90 Å². The van der Waals surface area contributed by atoms with Gasteiger partial charge in [-0.3, -0.25) is 10.1 Å². The second-order valence-corrected chi connectivity index (χ2v) is 6.38. The molecule has 1 fully saturated rings. The van der Waals surface area contributed by atoms with Crippen molar-refractivity contribution < 1.29 is 9.66 Å². The lowest BCUT2D eigenvalue weighted by Crippen LogP contribution is -2.43. The lowest BCUT2D eigenvalue weighted by atomic mass is 10.1. The zero-order valence-electron chi connectivity index (χ0n) is 12.6. The highest BCUT2D eigenvalue weighted by molar-refractivity contribution is 7.07. The number of rotatable bonds is 3. The second kappa shape index (κ2) is 6.06. The fraction of sp³-hybridized carbons (Fsp3) is 0.375. The molecule has 0 saturated carbocycles. The van der Waals surface area contributed by atoms with Crippen LogP contribution in [0, 0.1) is 17.0 Å². The van der Waals surface area contributed by atoms with E-state index in [1.54, 1.807) is 23.5 Å². The predicted molar refractivity (Wildman–Crippen MR) is 87.7 cm³/mol. The zero-order chi connectivity index (χ0) is 15.7. The molecule has 2 unspecified atom stereocenters. The van der Waals surface area contributed by atoms with Crippen molar-refractivity contribution in [2.75, 3.05) is 18.0 Å². The van der Waals surface area contributed by atoms with Crippen LogP contribution in [0.1, 0.15) is 24.2 Å². The van der Waals surface area contributed by atoms with Crippen molar-refractivity contribution in [1.29, 1.82) is 0 Å². The molecule has 5 nitrogen and oxygen atoms in total. The Hall–Kier alpha value is -1.92. The molecule has 1 aliphatic rings. The zero-order valence-corrected chi connectivity index (χ0v) is 13.4. The smallest absolute Gasteiger partial charge is 0.292 e. The van der Waals surface area contributed by atoms with Crippen molar-refractivity contribution in [3.05, 3.63) is 56.3 Å². The van der Waals surface area contributed by atoms with Crippen LogP contribution in [0.2, 0.25) is 0 Å². The number of morpholine rings is 1. The number of nitro benzene ring substituents is 1. The summed E-state index contributed by atoms with van der Waals surface area (Å²) in [5, 5.41) is 15.5. The standard InChI is InChI=1S/C16H18N2O3S/c1-11-4-3-5-14(18(19)20)16(11)17-8-12(2)21-15(9-17)13-6-7-22-10-13/h3-7,10,12,15H,8-9H2,1-2H3. The van der Waals surface area contributed by atoms with Crippen molar-refractivity contribution in [2.24, 2.45) is 0 Å². The van der Waals surface area contributed by atoms with Gasteiger partial charge in [-0.25, -0.2) is 0 Å². The molecule has 1 saturated heterocycles. The average Bonchev–Trinajstić information content (AvgIpc) is 3.00. The number of ether oxygens (including phenoxy) is 1. The van der Waals surface area contributed by atoms with Gasteiger partial charge in [0.05, 0.1) is 11.0 Å². The molecule has 22 heavy (non-hydrogen) atoms. The molecule has 0 N–H and O–H groups in total. The highest BCUT2D eigenvalue weighted by Gasteiger charge is 2.31. The van der Waals surface area contributed by atoms with E-state index in [0.29, 0.717) is 18.8 Å². The normalized spacial score (nSPS) is 21.8. The third-order valence-corrected chi connectivity index (χ3v) is 4.61. The quantitative estimate of drug-likeness (QED) is 0.635. The van der Waals surface area contributed by atoms with Crippen molar-refractivity contribution in [1.82, 2.24) is 0 Å². The maximum atomic E-state index is 11.4. The third kappa shape index (κ3) is 2.84. The molecule has 0 radical (unpaired) electrons. The van der Waals surface area contributed by atoms with Crippen molar-refractivity contribution in [2.45, 2.75) is 26.1 Å². The number of hydrogen-bond acceptors (Lipinski definition) is 5. The second-order valence-electron chi connectivity index (χ2n) is 5.60. The SMILES string of the molecule is Cc1cccc([N+](=O)[O-])c1N1CC(C)OC(c2ccsc2)C1. The lowest BCUT2D eigenvalue weighted by Gasteiger charge is -2.38. The number of benzene rings is 1. The summed E-state index contributed by atoms with van der Waals surface area (Å²) in [7, 11) is 0. The van der Waals surface area contributed by atoms with Crippen molar-refractivity contribution in [3.63, 3.8) is 0 Å². The van der Waals surface area contributed by atoms with E-state index in [1.807, 2.05) is 25.3 Å². The molecular formula is C16H18N2O3S. The Balaban J connectivity index is 1.96. The summed E-state index contributed by atoms with van der Waals surface area (Å²) in [6.07, 6.45) is -0.0212. The molecular weight excluding hydrogens is 300 g/mol.